The van der Waals surface area contributed by atoms with E-state index in [1.807, 2.05) is 24.5 Å². The summed E-state index contributed by atoms with van der Waals surface area (Å²) in [6, 6.07) is 5.90. The SMILES string of the molecule is OC[C@H]1CCN(c2ccc(-n3cccn3)nc2)C1. The van der Waals surface area contributed by atoms with E-state index in [0.29, 0.717) is 5.92 Å². The first-order valence-electron chi connectivity index (χ1n) is 6.18. The summed E-state index contributed by atoms with van der Waals surface area (Å²) in [7, 11) is 0. The fourth-order valence-corrected chi connectivity index (χ4v) is 2.32. The molecule has 1 saturated heterocycles. The second-order valence-corrected chi connectivity index (χ2v) is 4.61. The van der Waals surface area contributed by atoms with Crippen LogP contribution in [-0.2, 0) is 0 Å². The lowest BCUT2D eigenvalue weighted by molar-refractivity contribution is 0.238. The minimum Gasteiger partial charge on any atom is -0.396 e. The lowest BCUT2D eigenvalue weighted by atomic mass is 10.1. The molecule has 94 valence electrons. The fourth-order valence-electron chi connectivity index (χ4n) is 2.32. The summed E-state index contributed by atoms with van der Waals surface area (Å²) in [6.45, 7) is 2.18. The number of hydrogen-bond acceptors (Lipinski definition) is 4. The van der Waals surface area contributed by atoms with Crippen molar-refractivity contribution < 1.29 is 5.11 Å². The minimum absolute atomic E-state index is 0.273. The Bertz CT molecular complexity index is 494. The predicted octanol–water partition coefficient (Wildman–Crippen LogP) is 1.09. The van der Waals surface area contributed by atoms with Gasteiger partial charge in [0.2, 0.25) is 0 Å². The van der Waals surface area contributed by atoms with Crippen LogP contribution in [-0.4, -0.2) is 39.6 Å². The van der Waals surface area contributed by atoms with Gasteiger partial charge in [-0.3, -0.25) is 0 Å². The second kappa shape index (κ2) is 4.78. The molecule has 0 radical (unpaired) electrons. The molecule has 18 heavy (non-hydrogen) atoms. The van der Waals surface area contributed by atoms with E-state index in [-0.39, 0.29) is 6.61 Å². The summed E-state index contributed by atoms with van der Waals surface area (Å²) < 4.78 is 1.74. The molecule has 0 aromatic carbocycles. The van der Waals surface area contributed by atoms with Crippen molar-refractivity contribution in [1.29, 1.82) is 0 Å². The topological polar surface area (TPSA) is 54.2 Å². The Hall–Kier alpha value is -1.88. The molecular weight excluding hydrogens is 228 g/mol. The van der Waals surface area contributed by atoms with Gasteiger partial charge in [-0.25, -0.2) is 9.67 Å². The van der Waals surface area contributed by atoms with Gasteiger partial charge in [-0.15, -0.1) is 0 Å². The summed E-state index contributed by atoms with van der Waals surface area (Å²) in [5.74, 6) is 1.22. The van der Waals surface area contributed by atoms with Gasteiger partial charge in [0.15, 0.2) is 5.82 Å². The first-order chi connectivity index (χ1) is 8.86. The summed E-state index contributed by atoms with van der Waals surface area (Å²) >= 11 is 0. The third-order valence-electron chi connectivity index (χ3n) is 3.38. The van der Waals surface area contributed by atoms with Crippen molar-refractivity contribution in [2.45, 2.75) is 6.42 Å². The van der Waals surface area contributed by atoms with Gasteiger partial charge in [0.05, 0.1) is 11.9 Å². The molecule has 0 amide bonds. The average molecular weight is 244 g/mol. The summed E-state index contributed by atoms with van der Waals surface area (Å²) in [6.07, 6.45) is 6.54. The Morgan fingerprint density at radius 2 is 2.33 bits per heavy atom. The number of nitrogens with zero attached hydrogens (tertiary/aromatic N) is 4. The van der Waals surface area contributed by atoms with Gasteiger partial charge in [-0.05, 0) is 24.6 Å². The van der Waals surface area contributed by atoms with Gasteiger partial charge in [0.25, 0.3) is 0 Å². The van der Waals surface area contributed by atoms with E-state index < -0.39 is 0 Å². The Labute approximate surface area is 106 Å². The fraction of sp³-hybridized carbons (Fsp3) is 0.385. The lowest BCUT2D eigenvalue weighted by Crippen LogP contribution is -2.20. The van der Waals surface area contributed by atoms with Crippen molar-refractivity contribution in [2.24, 2.45) is 5.92 Å². The van der Waals surface area contributed by atoms with Gasteiger partial charge in [-0.1, -0.05) is 0 Å². The highest BCUT2D eigenvalue weighted by molar-refractivity contribution is 5.47. The quantitative estimate of drug-likeness (QED) is 0.878. The van der Waals surface area contributed by atoms with Crippen molar-refractivity contribution in [3.05, 3.63) is 36.8 Å². The predicted molar refractivity (Wildman–Crippen MR) is 68.8 cm³/mol. The molecular formula is C13H16N4O. The minimum atomic E-state index is 0.273. The molecule has 3 rings (SSSR count). The Morgan fingerprint density at radius 3 is 2.94 bits per heavy atom. The van der Waals surface area contributed by atoms with E-state index in [0.717, 1.165) is 31.0 Å². The van der Waals surface area contributed by atoms with Crippen LogP contribution in [0, 0.1) is 5.92 Å². The highest BCUT2D eigenvalue weighted by Crippen LogP contribution is 2.23. The van der Waals surface area contributed by atoms with Crippen molar-refractivity contribution in [2.75, 3.05) is 24.6 Å². The van der Waals surface area contributed by atoms with Gasteiger partial charge in [0, 0.05) is 38.0 Å². The molecule has 2 aromatic heterocycles. The summed E-state index contributed by atoms with van der Waals surface area (Å²) in [5.41, 5.74) is 1.11. The molecule has 1 aliphatic heterocycles. The van der Waals surface area contributed by atoms with Crippen LogP contribution in [0.15, 0.2) is 36.8 Å². The number of aromatic nitrogens is 3. The molecule has 1 fully saturated rings. The molecule has 0 unspecified atom stereocenters. The molecule has 2 aromatic rings. The molecule has 5 nitrogen and oxygen atoms in total. The second-order valence-electron chi connectivity index (χ2n) is 4.61. The van der Waals surface area contributed by atoms with Crippen molar-refractivity contribution in [1.82, 2.24) is 14.8 Å². The summed E-state index contributed by atoms with van der Waals surface area (Å²) in [4.78, 5) is 6.68. The number of pyridine rings is 1. The number of aliphatic hydroxyl groups excluding tert-OH is 1. The van der Waals surface area contributed by atoms with Crippen LogP contribution < -0.4 is 4.90 Å². The van der Waals surface area contributed by atoms with E-state index in [4.69, 9.17) is 5.11 Å². The van der Waals surface area contributed by atoms with Crippen LogP contribution in [0.5, 0.6) is 0 Å². The van der Waals surface area contributed by atoms with E-state index in [2.05, 4.69) is 21.0 Å². The zero-order chi connectivity index (χ0) is 12.4. The number of hydrogen-bond donors (Lipinski definition) is 1. The maximum atomic E-state index is 9.15. The Morgan fingerprint density at radius 1 is 1.39 bits per heavy atom. The normalized spacial score (nSPS) is 19.4. The Balaban J connectivity index is 1.76. The molecule has 1 atom stereocenters. The maximum Gasteiger partial charge on any atom is 0.153 e. The molecule has 1 aliphatic rings. The van der Waals surface area contributed by atoms with E-state index in [1.165, 1.54) is 0 Å². The van der Waals surface area contributed by atoms with Crippen LogP contribution in [0.25, 0.3) is 5.82 Å². The van der Waals surface area contributed by atoms with Gasteiger partial charge >= 0.3 is 0 Å². The lowest BCUT2D eigenvalue weighted by Gasteiger charge is -2.18. The number of anilines is 1. The monoisotopic (exact) mass is 244 g/mol. The first-order valence-corrected chi connectivity index (χ1v) is 6.18. The first kappa shape index (κ1) is 11.2. The molecule has 5 heteroatoms. The molecule has 0 spiro atoms. The van der Waals surface area contributed by atoms with Crippen molar-refractivity contribution in [3.8, 4) is 5.82 Å². The smallest absolute Gasteiger partial charge is 0.153 e. The Kier molecular flexibility index (Phi) is 2.98. The highest BCUT2D eigenvalue weighted by Gasteiger charge is 2.21. The van der Waals surface area contributed by atoms with Crippen LogP contribution in [0.3, 0.4) is 0 Å². The van der Waals surface area contributed by atoms with Crippen LogP contribution in [0.2, 0.25) is 0 Å². The summed E-state index contributed by atoms with van der Waals surface area (Å²) in [5, 5.41) is 13.3. The molecule has 0 saturated carbocycles. The number of aliphatic hydroxyl groups is 1. The standard InChI is InChI=1S/C13H16N4O/c18-10-11-4-7-16(9-11)12-2-3-13(14-8-12)17-6-1-5-15-17/h1-3,5-6,8,11,18H,4,7,9-10H2/t11-/m0/s1. The van der Waals surface area contributed by atoms with E-state index in [1.54, 1.807) is 10.9 Å². The third kappa shape index (κ3) is 2.09. The van der Waals surface area contributed by atoms with E-state index >= 15 is 0 Å². The zero-order valence-electron chi connectivity index (χ0n) is 10.1. The molecule has 1 N–H and O–H groups in total. The average Bonchev–Trinajstić information content (AvgIpc) is 3.10. The van der Waals surface area contributed by atoms with Gasteiger partial charge < -0.3 is 10.0 Å². The van der Waals surface area contributed by atoms with Crippen LogP contribution >= 0.6 is 0 Å². The maximum absolute atomic E-state index is 9.15. The van der Waals surface area contributed by atoms with Gasteiger partial charge in [-0.2, -0.15) is 5.10 Å². The largest absolute Gasteiger partial charge is 0.396 e. The molecule has 0 aliphatic carbocycles. The molecule has 3 heterocycles. The van der Waals surface area contributed by atoms with Crippen molar-refractivity contribution >= 4 is 5.69 Å². The number of rotatable bonds is 3. The van der Waals surface area contributed by atoms with Gasteiger partial charge in [0.1, 0.15) is 0 Å². The van der Waals surface area contributed by atoms with E-state index in [9.17, 15) is 0 Å². The third-order valence-corrected chi connectivity index (χ3v) is 3.38. The van der Waals surface area contributed by atoms with Crippen LogP contribution in [0.4, 0.5) is 5.69 Å². The zero-order valence-corrected chi connectivity index (χ0v) is 10.1. The molecule has 0 bridgehead atoms. The van der Waals surface area contributed by atoms with Crippen LogP contribution in [0.1, 0.15) is 6.42 Å². The van der Waals surface area contributed by atoms with Crippen molar-refractivity contribution in [3.63, 3.8) is 0 Å². The highest BCUT2D eigenvalue weighted by atomic mass is 16.3.